The molecule has 2 aromatic carbocycles. The Balaban J connectivity index is 1.71. The van der Waals surface area contributed by atoms with E-state index in [9.17, 15) is 0 Å². The van der Waals surface area contributed by atoms with Crippen molar-refractivity contribution in [1.82, 2.24) is 5.32 Å². The molecule has 0 atom stereocenters. The Labute approximate surface area is 152 Å². The lowest BCUT2D eigenvalue weighted by molar-refractivity contribution is 0.395. The number of ether oxygens (including phenoxy) is 2. The van der Waals surface area contributed by atoms with E-state index >= 15 is 0 Å². The van der Waals surface area contributed by atoms with Gasteiger partial charge in [-0.05, 0) is 17.8 Å². The Morgan fingerprint density at radius 2 is 1.71 bits per heavy atom. The number of methoxy groups -OCH3 is 2. The minimum absolute atomic E-state index is 0.589. The van der Waals surface area contributed by atoms with Crippen LogP contribution in [0, 0.1) is 0 Å². The first kappa shape index (κ1) is 18.4. The highest BCUT2D eigenvalue weighted by Gasteiger charge is 2.03. The van der Waals surface area contributed by atoms with Gasteiger partial charge in [0.25, 0.3) is 0 Å². The van der Waals surface area contributed by atoms with Gasteiger partial charge in [0.2, 0.25) is 0 Å². The van der Waals surface area contributed by atoms with Crippen LogP contribution in [0.4, 0.5) is 5.69 Å². The van der Waals surface area contributed by atoms with E-state index in [0.29, 0.717) is 5.11 Å². The highest BCUT2D eigenvalue weighted by atomic mass is 32.2. The van der Waals surface area contributed by atoms with Crippen LogP contribution in [-0.2, 0) is 5.75 Å². The molecule has 0 bridgehead atoms. The lowest BCUT2D eigenvalue weighted by Crippen LogP contribution is -2.30. The normalized spacial score (nSPS) is 10.1. The molecule has 0 heterocycles. The number of benzene rings is 2. The van der Waals surface area contributed by atoms with Crippen molar-refractivity contribution >= 4 is 34.8 Å². The molecule has 2 aromatic rings. The number of hydrogen-bond acceptors (Lipinski definition) is 4. The van der Waals surface area contributed by atoms with Crippen LogP contribution >= 0.6 is 24.0 Å². The van der Waals surface area contributed by atoms with Gasteiger partial charge in [-0.1, -0.05) is 30.3 Å². The van der Waals surface area contributed by atoms with E-state index in [1.54, 1.807) is 14.2 Å². The molecular weight excluding hydrogens is 340 g/mol. The molecule has 0 aliphatic heterocycles. The van der Waals surface area contributed by atoms with Gasteiger partial charge in [-0.3, -0.25) is 0 Å². The fraction of sp³-hybridized carbons (Fsp3) is 0.278. The Bertz CT molecular complexity index is 628. The number of hydrogen-bond donors (Lipinski definition) is 2. The van der Waals surface area contributed by atoms with Crippen molar-refractivity contribution < 1.29 is 9.47 Å². The van der Waals surface area contributed by atoms with Crippen LogP contribution in [0.1, 0.15) is 5.56 Å². The standard InChI is InChI=1S/C18H22N2O2S2/c1-21-16-10-15(11-17(12-16)22-2)20-18(23)19-8-9-24-13-14-6-4-3-5-7-14/h3-7,10-12H,8-9,13H2,1-2H3,(H2,19,20,23). The predicted molar refractivity (Wildman–Crippen MR) is 106 cm³/mol. The monoisotopic (exact) mass is 362 g/mol. The van der Waals surface area contributed by atoms with E-state index in [1.165, 1.54) is 5.56 Å². The Morgan fingerprint density at radius 3 is 2.33 bits per heavy atom. The van der Waals surface area contributed by atoms with Crippen LogP contribution in [0.5, 0.6) is 11.5 Å². The molecule has 6 heteroatoms. The Hall–Kier alpha value is -1.92. The zero-order chi connectivity index (χ0) is 17.2. The molecule has 2 N–H and O–H groups in total. The summed E-state index contributed by atoms with van der Waals surface area (Å²) < 4.78 is 10.5. The Morgan fingerprint density at radius 1 is 1.04 bits per heavy atom. The van der Waals surface area contributed by atoms with Crippen LogP contribution in [-0.4, -0.2) is 31.6 Å². The number of nitrogens with one attached hydrogen (secondary N) is 2. The molecular formula is C18H22N2O2S2. The second-order valence-electron chi connectivity index (χ2n) is 5.02. The molecule has 0 aliphatic rings. The maximum Gasteiger partial charge on any atom is 0.170 e. The van der Waals surface area contributed by atoms with Gasteiger partial charge in [0.05, 0.1) is 14.2 Å². The second-order valence-corrected chi connectivity index (χ2v) is 6.53. The van der Waals surface area contributed by atoms with Gasteiger partial charge in [0.1, 0.15) is 11.5 Å². The number of thiocarbonyl (C=S) groups is 1. The summed E-state index contributed by atoms with van der Waals surface area (Å²) in [6.07, 6.45) is 0. The van der Waals surface area contributed by atoms with Gasteiger partial charge in [0, 0.05) is 41.9 Å². The fourth-order valence-electron chi connectivity index (χ4n) is 2.06. The first-order valence-electron chi connectivity index (χ1n) is 7.61. The van der Waals surface area contributed by atoms with Crippen molar-refractivity contribution in [3.8, 4) is 11.5 Å². The van der Waals surface area contributed by atoms with E-state index in [1.807, 2.05) is 36.0 Å². The average Bonchev–Trinajstić information content (AvgIpc) is 2.61. The topological polar surface area (TPSA) is 42.5 Å². The van der Waals surface area contributed by atoms with Crippen molar-refractivity contribution in [1.29, 1.82) is 0 Å². The zero-order valence-corrected chi connectivity index (χ0v) is 15.5. The fourth-order valence-corrected chi connectivity index (χ4v) is 3.09. The van der Waals surface area contributed by atoms with E-state index in [0.717, 1.165) is 35.2 Å². The smallest absolute Gasteiger partial charge is 0.170 e. The van der Waals surface area contributed by atoms with Crippen LogP contribution in [0.15, 0.2) is 48.5 Å². The first-order valence-corrected chi connectivity index (χ1v) is 9.17. The molecule has 0 saturated heterocycles. The van der Waals surface area contributed by atoms with E-state index in [4.69, 9.17) is 21.7 Å². The number of thioether (sulfide) groups is 1. The van der Waals surface area contributed by atoms with Crippen molar-refractivity contribution in [3.05, 3.63) is 54.1 Å². The third-order valence-corrected chi connectivity index (χ3v) is 4.53. The van der Waals surface area contributed by atoms with Gasteiger partial charge in [0.15, 0.2) is 5.11 Å². The Kier molecular flexibility index (Phi) is 7.71. The molecule has 24 heavy (non-hydrogen) atoms. The molecule has 128 valence electrons. The van der Waals surface area contributed by atoms with Crippen molar-refractivity contribution in [2.75, 3.05) is 31.8 Å². The third-order valence-electron chi connectivity index (χ3n) is 3.25. The molecule has 4 nitrogen and oxygen atoms in total. The summed E-state index contributed by atoms with van der Waals surface area (Å²) in [6.45, 7) is 0.810. The summed E-state index contributed by atoms with van der Waals surface area (Å²) in [6, 6.07) is 16.0. The lowest BCUT2D eigenvalue weighted by Gasteiger charge is -2.12. The second kappa shape index (κ2) is 10.1. The van der Waals surface area contributed by atoms with Crippen LogP contribution in [0.2, 0.25) is 0 Å². The molecule has 0 saturated carbocycles. The van der Waals surface area contributed by atoms with Crippen molar-refractivity contribution in [2.24, 2.45) is 0 Å². The van der Waals surface area contributed by atoms with Crippen LogP contribution < -0.4 is 20.1 Å². The van der Waals surface area contributed by atoms with Gasteiger partial charge < -0.3 is 20.1 Å². The molecule has 0 unspecified atom stereocenters. The van der Waals surface area contributed by atoms with Crippen LogP contribution in [0.3, 0.4) is 0 Å². The van der Waals surface area contributed by atoms with E-state index in [-0.39, 0.29) is 0 Å². The van der Waals surface area contributed by atoms with Crippen molar-refractivity contribution in [2.45, 2.75) is 5.75 Å². The summed E-state index contributed by atoms with van der Waals surface area (Å²) in [4.78, 5) is 0. The van der Waals surface area contributed by atoms with Gasteiger partial charge in [-0.25, -0.2) is 0 Å². The minimum Gasteiger partial charge on any atom is -0.497 e. The van der Waals surface area contributed by atoms with Crippen LogP contribution in [0.25, 0.3) is 0 Å². The maximum atomic E-state index is 5.33. The number of anilines is 1. The lowest BCUT2D eigenvalue weighted by atomic mass is 10.2. The van der Waals surface area contributed by atoms with E-state index in [2.05, 4.69) is 34.9 Å². The molecule has 0 aliphatic carbocycles. The third kappa shape index (κ3) is 6.29. The SMILES string of the molecule is COc1cc(NC(=S)NCCSCc2ccccc2)cc(OC)c1. The molecule has 0 fully saturated rings. The highest BCUT2D eigenvalue weighted by molar-refractivity contribution is 7.98. The quantitative estimate of drug-likeness (QED) is 0.548. The predicted octanol–water partition coefficient (Wildman–Crippen LogP) is 3.92. The molecule has 0 aromatic heterocycles. The molecule has 0 amide bonds. The largest absolute Gasteiger partial charge is 0.497 e. The molecule has 0 radical (unpaired) electrons. The van der Waals surface area contributed by atoms with E-state index < -0.39 is 0 Å². The van der Waals surface area contributed by atoms with Crippen molar-refractivity contribution in [3.63, 3.8) is 0 Å². The number of rotatable bonds is 8. The minimum atomic E-state index is 0.589. The first-order chi connectivity index (χ1) is 11.7. The summed E-state index contributed by atoms with van der Waals surface area (Å²) in [7, 11) is 3.25. The molecule has 2 rings (SSSR count). The maximum absolute atomic E-state index is 5.33. The van der Waals surface area contributed by atoms with Gasteiger partial charge in [-0.15, -0.1) is 0 Å². The van der Waals surface area contributed by atoms with Gasteiger partial charge in [-0.2, -0.15) is 11.8 Å². The highest BCUT2D eigenvalue weighted by Crippen LogP contribution is 2.25. The summed E-state index contributed by atoms with van der Waals surface area (Å²) in [5.74, 6) is 3.43. The molecule has 0 spiro atoms. The zero-order valence-electron chi connectivity index (χ0n) is 13.9. The summed E-state index contributed by atoms with van der Waals surface area (Å²) >= 11 is 7.20. The summed E-state index contributed by atoms with van der Waals surface area (Å²) in [5.41, 5.74) is 2.17. The van der Waals surface area contributed by atoms with Gasteiger partial charge >= 0.3 is 0 Å². The average molecular weight is 363 g/mol. The summed E-state index contributed by atoms with van der Waals surface area (Å²) in [5, 5.41) is 6.95.